The number of hydrogen-bond acceptors (Lipinski definition) is 6. The summed E-state index contributed by atoms with van der Waals surface area (Å²) in [4.78, 5) is 24.0. The van der Waals surface area contributed by atoms with Crippen molar-refractivity contribution in [1.29, 1.82) is 0 Å². The zero-order chi connectivity index (χ0) is 21.7. The van der Waals surface area contributed by atoms with Crippen molar-refractivity contribution < 1.29 is 24.2 Å². The Morgan fingerprint density at radius 2 is 1.83 bits per heavy atom. The van der Waals surface area contributed by atoms with E-state index in [0.717, 1.165) is 0 Å². The van der Waals surface area contributed by atoms with E-state index in [-0.39, 0.29) is 5.91 Å². The first-order valence-corrected chi connectivity index (χ1v) is 9.43. The second-order valence-corrected chi connectivity index (χ2v) is 6.88. The number of hydrogen-bond donors (Lipinski definition) is 3. The van der Waals surface area contributed by atoms with Crippen molar-refractivity contribution in [1.82, 2.24) is 10.6 Å². The highest BCUT2D eigenvalue weighted by molar-refractivity contribution is 7.80. The minimum Gasteiger partial charge on any atom is -0.546 e. The quantitative estimate of drug-likeness (QED) is 0.565. The summed E-state index contributed by atoms with van der Waals surface area (Å²) in [5.74, 6) is -1.68. The number of para-hydroxylation sites is 3. The molecule has 1 aliphatic heterocycles. The molecule has 0 saturated carbocycles. The fourth-order valence-electron chi connectivity index (χ4n) is 3.22. The molecular formula is C21H20N3O5S-. The minimum atomic E-state index is -1.35. The molecule has 3 rings (SSSR count). The summed E-state index contributed by atoms with van der Waals surface area (Å²) in [6.45, 7) is 3.34. The zero-order valence-corrected chi connectivity index (χ0v) is 17.0. The Balaban J connectivity index is 1.94. The van der Waals surface area contributed by atoms with Crippen LogP contribution in [-0.2, 0) is 9.59 Å². The van der Waals surface area contributed by atoms with Gasteiger partial charge in [-0.15, -0.1) is 0 Å². The van der Waals surface area contributed by atoms with Crippen LogP contribution in [0.5, 0.6) is 11.5 Å². The lowest BCUT2D eigenvalue weighted by Gasteiger charge is -2.36. The average molecular weight is 426 g/mol. The molecule has 1 amide bonds. The van der Waals surface area contributed by atoms with Crippen molar-refractivity contribution in [2.45, 2.75) is 6.04 Å². The van der Waals surface area contributed by atoms with Gasteiger partial charge in [0.05, 0.1) is 24.8 Å². The number of nitrogens with one attached hydrogen (secondary N) is 3. The monoisotopic (exact) mass is 426 g/mol. The number of methoxy groups -OCH3 is 1. The summed E-state index contributed by atoms with van der Waals surface area (Å²) < 4.78 is 10.6. The van der Waals surface area contributed by atoms with Crippen LogP contribution in [0.3, 0.4) is 0 Å². The number of anilines is 1. The van der Waals surface area contributed by atoms with Crippen LogP contribution in [-0.4, -0.2) is 30.7 Å². The Morgan fingerprint density at radius 1 is 1.17 bits per heavy atom. The molecule has 9 heteroatoms. The molecule has 0 spiro atoms. The SMILES string of the molecule is C=C1NC(=S)N[C@@H](c2ccccc2OCC(=O)[O-])[C@H]1C(=O)Nc1ccccc1OC. The molecule has 2 atom stereocenters. The molecule has 2 aromatic carbocycles. The Kier molecular flexibility index (Phi) is 6.53. The first kappa shape index (κ1) is 21.1. The van der Waals surface area contributed by atoms with Gasteiger partial charge in [-0.1, -0.05) is 36.9 Å². The van der Waals surface area contributed by atoms with E-state index in [0.29, 0.717) is 33.6 Å². The maximum Gasteiger partial charge on any atom is 0.235 e. The molecule has 0 aliphatic carbocycles. The fourth-order valence-corrected chi connectivity index (χ4v) is 3.47. The third kappa shape index (κ3) is 4.69. The lowest BCUT2D eigenvalue weighted by Crippen LogP contribution is -2.51. The maximum atomic E-state index is 13.2. The summed E-state index contributed by atoms with van der Waals surface area (Å²) in [6.07, 6.45) is 0. The van der Waals surface area contributed by atoms with Crippen LogP contribution >= 0.6 is 12.2 Å². The van der Waals surface area contributed by atoms with E-state index < -0.39 is 24.5 Å². The van der Waals surface area contributed by atoms with Gasteiger partial charge in [-0.05, 0) is 30.4 Å². The van der Waals surface area contributed by atoms with E-state index in [1.807, 2.05) is 0 Å². The zero-order valence-electron chi connectivity index (χ0n) is 16.1. The lowest BCUT2D eigenvalue weighted by molar-refractivity contribution is -0.307. The van der Waals surface area contributed by atoms with E-state index in [2.05, 4.69) is 22.5 Å². The van der Waals surface area contributed by atoms with Crippen LogP contribution in [0.1, 0.15) is 11.6 Å². The van der Waals surface area contributed by atoms with Crippen molar-refractivity contribution in [2.24, 2.45) is 5.92 Å². The van der Waals surface area contributed by atoms with E-state index >= 15 is 0 Å². The Morgan fingerprint density at radius 3 is 2.53 bits per heavy atom. The Labute approximate surface area is 178 Å². The van der Waals surface area contributed by atoms with Gasteiger partial charge in [0.15, 0.2) is 5.11 Å². The largest absolute Gasteiger partial charge is 0.546 e. The molecular weight excluding hydrogens is 406 g/mol. The number of thiocarbonyl (C=S) groups is 1. The number of carboxylic acid groups (broad SMARTS) is 1. The Bertz CT molecular complexity index is 994. The third-order valence-corrected chi connectivity index (χ3v) is 4.74. The highest BCUT2D eigenvalue weighted by Gasteiger charge is 2.38. The number of benzene rings is 2. The summed E-state index contributed by atoms with van der Waals surface area (Å²) in [5, 5.41) is 19.9. The van der Waals surface area contributed by atoms with Gasteiger partial charge in [0.1, 0.15) is 24.0 Å². The number of amides is 1. The van der Waals surface area contributed by atoms with Gasteiger partial charge < -0.3 is 35.3 Å². The average Bonchev–Trinajstić information content (AvgIpc) is 2.72. The number of rotatable bonds is 7. The van der Waals surface area contributed by atoms with Crippen LogP contribution in [0.2, 0.25) is 0 Å². The number of carboxylic acids is 1. The molecule has 0 bridgehead atoms. The Hall–Kier alpha value is -3.59. The molecule has 2 aromatic rings. The van der Waals surface area contributed by atoms with Gasteiger partial charge in [0, 0.05) is 11.3 Å². The smallest absolute Gasteiger partial charge is 0.235 e. The van der Waals surface area contributed by atoms with Crippen LogP contribution in [0.15, 0.2) is 60.8 Å². The molecule has 156 valence electrons. The van der Waals surface area contributed by atoms with Crippen LogP contribution in [0, 0.1) is 5.92 Å². The van der Waals surface area contributed by atoms with E-state index in [1.54, 1.807) is 48.5 Å². The molecule has 0 unspecified atom stereocenters. The summed E-state index contributed by atoms with van der Waals surface area (Å²) in [5.41, 5.74) is 1.46. The van der Waals surface area contributed by atoms with Crippen LogP contribution in [0.25, 0.3) is 0 Å². The summed E-state index contributed by atoms with van der Waals surface area (Å²) in [7, 11) is 1.51. The van der Waals surface area contributed by atoms with Crippen molar-refractivity contribution in [3.05, 3.63) is 66.4 Å². The highest BCUT2D eigenvalue weighted by atomic mass is 32.1. The first-order chi connectivity index (χ1) is 14.4. The molecule has 0 radical (unpaired) electrons. The van der Waals surface area contributed by atoms with Gasteiger partial charge in [-0.2, -0.15) is 0 Å². The molecule has 1 fully saturated rings. The highest BCUT2D eigenvalue weighted by Crippen LogP contribution is 2.36. The maximum absolute atomic E-state index is 13.2. The minimum absolute atomic E-state index is 0.293. The predicted octanol–water partition coefficient (Wildman–Crippen LogP) is 1.11. The number of carbonyl (C=O) groups excluding carboxylic acids is 2. The van der Waals surface area contributed by atoms with Crippen molar-refractivity contribution in [3.8, 4) is 11.5 Å². The normalized spacial score (nSPS) is 18.0. The molecule has 0 aromatic heterocycles. The third-order valence-electron chi connectivity index (χ3n) is 4.52. The topological polar surface area (TPSA) is 112 Å². The predicted molar refractivity (Wildman–Crippen MR) is 113 cm³/mol. The first-order valence-electron chi connectivity index (χ1n) is 9.02. The fraction of sp³-hybridized carbons (Fsp3) is 0.190. The number of carbonyl (C=O) groups is 2. The van der Waals surface area contributed by atoms with Gasteiger partial charge in [-0.3, -0.25) is 4.79 Å². The van der Waals surface area contributed by atoms with E-state index in [4.69, 9.17) is 21.7 Å². The summed E-state index contributed by atoms with van der Waals surface area (Å²) in [6, 6.07) is 13.2. The van der Waals surface area contributed by atoms with Crippen molar-refractivity contribution in [3.63, 3.8) is 0 Å². The lowest BCUT2D eigenvalue weighted by atomic mass is 9.87. The molecule has 1 saturated heterocycles. The molecule has 30 heavy (non-hydrogen) atoms. The van der Waals surface area contributed by atoms with E-state index in [9.17, 15) is 14.7 Å². The van der Waals surface area contributed by atoms with Crippen LogP contribution in [0.4, 0.5) is 5.69 Å². The second kappa shape index (κ2) is 9.27. The van der Waals surface area contributed by atoms with E-state index in [1.165, 1.54) is 7.11 Å². The standard InChI is InChI=1S/C21H21N3O5S/c1-12-18(20(27)23-14-8-4-6-10-16(14)28-2)19(24-21(30)22-12)13-7-3-5-9-15(13)29-11-17(25)26/h3-10,18-19H,1,11H2,2H3,(H,23,27)(H,25,26)(H2,22,24,30)/p-1/t18-,19-/m0/s1. The molecule has 1 heterocycles. The van der Waals surface area contributed by atoms with Crippen LogP contribution < -0.4 is 30.5 Å². The number of aliphatic carboxylic acids is 1. The van der Waals surface area contributed by atoms with Gasteiger partial charge in [-0.25, -0.2) is 0 Å². The molecule has 3 N–H and O–H groups in total. The van der Waals surface area contributed by atoms with Gasteiger partial charge in [0.25, 0.3) is 0 Å². The van der Waals surface area contributed by atoms with Crippen molar-refractivity contribution >= 4 is 34.9 Å². The molecule has 8 nitrogen and oxygen atoms in total. The summed E-state index contributed by atoms with van der Waals surface area (Å²) >= 11 is 5.24. The molecule has 1 aliphatic rings. The second-order valence-electron chi connectivity index (χ2n) is 6.47. The van der Waals surface area contributed by atoms with Gasteiger partial charge >= 0.3 is 0 Å². The van der Waals surface area contributed by atoms with Gasteiger partial charge in [0.2, 0.25) is 5.91 Å². The van der Waals surface area contributed by atoms with Crippen molar-refractivity contribution in [2.75, 3.05) is 19.0 Å². The number of ether oxygens (including phenoxy) is 2.